The molecule has 35 heavy (non-hydrogen) atoms. The maximum absolute atomic E-state index is 12.6. The first kappa shape index (κ1) is 22.8. The second-order valence-corrected chi connectivity index (χ2v) is 8.71. The molecule has 2 aromatic heterocycles. The third kappa shape index (κ3) is 5.24. The van der Waals surface area contributed by atoms with Gasteiger partial charge in [-0.1, -0.05) is 24.3 Å². The van der Waals surface area contributed by atoms with Crippen LogP contribution in [0.2, 0.25) is 0 Å². The van der Waals surface area contributed by atoms with Gasteiger partial charge in [-0.15, -0.1) is 0 Å². The number of nitrogens with two attached hydrogens (primary N) is 2. The summed E-state index contributed by atoms with van der Waals surface area (Å²) in [5.41, 5.74) is 10.9. The molecule has 5 rings (SSSR count). The second-order valence-electron chi connectivity index (χ2n) is 8.71. The number of nitrogens with one attached hydrogen (secondary N) is 1. The molecule has 1 aliphatic rings. The fraction of sp³-hybridized carbons (Fsp3) is 0.222. The lowest BCUT2D eigenvalue weighted by Gasteiger charge is -2.23. The Balaban J connectivity index is 1.31. The van der Waals surface area contributed by atoms with E-state index in [1.165, 1.54) is 0 Å². The first-order valence-electron chi connectivity index (χ1n) is 11.7. The smallest absolute Gasteiger partial charge is 0.251 e. The standard InChI is InChI=1S/C27H28N6O2/c28-23-8-10-25(19-4-6-20(7-5-19)27(34)31-22-11-14-35-15-12-22)32-26(23)33(29)17-18-3-9-24-21(16-18)2-1-13-30-24/h1-10,13,16,22H,11-12,14-15,17,28-29H2,(H,31,34). The Morgan fingerprint density at radius 3 is 2.66 bits per heavy atom. The minimum atomic E-state index is -0.0758. The van der Waals surface area contributed by atoms with Crippen LogP contribution in [0.1, 0.15) is 28.8 Å². The molecule has 0 spiro atoms. The number of benzene rings is 2. The van der Waals surface area contributed by atoms with Crippen molar-refractivity contribution in [1.82, 2.24) is 15.3 Å². The number of rotatable bonds is 6. The SMILES string of the molecule is Nc1ccc(-c2ccc(C(=O)NC3CCOCC3)cc2)nc1N(N)Cc1ccc2ncccc2c1. The average Bonchev–Trinajstić information content (AvgIpc) is 2.89. The Morgan fingerprint density at radius 1 is 1.06 bits per heavy atom. The number of aromatic nitrogens is 2. The summed E-state index contributed by atoms with van der Waals surface area (Å²) in [7, 11) is 0. The predicted molar refractivity (Wildman–Crippen MR) is 138 cm³/mol. The highest BCUT2D eigenvalue weighted by Crippen LogP contribution is 2.26. The van der Waals surface area contributed by atoms with Gasteiger partial charge in [-0.2, -0.15) is 0 Å². The molecule has 0 aliphatic carbocycles. The number of pyridine rings is 2. The number of nitrogens with zero attached hydrogens (tertiary/aromatic N) is 3. The minimum Gasteiger partial charge on any atom is -0.396 e. The van der Waals surface area contributed by atoms with Crippen molar-refractivity contribution >= 4 is 28.3 Å². The van der Waals surface area contributed by atoms with Crippen LogP contribution in [0.25, 0.3) is 22.2 Å². The molecular formula is C27H28N6O2. The number of ether oxygens (including phenoxy) is 1. The summed E-state index contributed by atoms with van der Waals surface area (Å²) >= 11 is 0. The lowest BCUT2D eigenvalue weighted by molar-refractivity contribution is 0.0696. The van der Waals surface area contributed by atoms with Crippen molar-refractivity contribution in [2.24, 2.45) is 5.84 Å². The van der Waals surface area contributed by atoms with Gasteiger partial charge in [0, 0.05) is 42.0 Å². The van der Waals surface area contributed by atoms with Crippen LogP contribution in [-0.4, -0.2) is 35.1 Å². The summed E-state index contributed by atoms with van der Waals surface area (Å²) in [6.45, 7) is 1.81. The van der Waals surface area contributed by atoms with E-state index >= 15 is 0 Å². The normalized spacial score (nSPS) is 14.1. The maximum atomic E-state index is 12.6. The number of carbonyl (C=O) groups excluding carboxylic acids is 1. The molecule has 8 heteroatoms. The Labute approximate surface area is 203 Å². The van der Waals surface area contributed by atoms with Crippen molar-refractivity contribution in [3.8, 4) is 11.3 Å². The van der Waals surface area contributed by atoms with Gasteiger partial charge in [0.25, 0.3) is 5.91 Å². The summed E-state index contributed by atoms with van der Waals surface area (Å²) < 4.78 is 5.35. The van der Waals surface area contributed by atoms with E-state index in [1.54, 1.807) is 17.3 Å². The summed E-state index contributed by atoms with van der Waals surface area (Å²) in [6.07, 6.45) is 3.46. The number of hydrogen-bond donors (Lipinski definition) is 3. The summed E-state index contributed by atoms with van der Waals surface area (Å²) in [5.74, 6) is 6.80. The second kappa shape index (κ2) is 10.1. The molecule has 4 aromatic rings. The van der Waals surface area contributed by atoms with Crippen molar-refractivity contribution in [2.45, 2.75) is 25.4 Å². The molecule has 0 unspecified atom stereocenters. The molecule has 1 saturated heterocycles. The molecule has 5 N–H and O–H groups in total. The number of nitrogen functional groups attached to an aromatic ring is 1. The number of hydrazine groups is 1. The van der Waals surface area contributed by atoms with Crippen molar-refractivity contribution in [3.63, 3.8) is 0 Å². The number of amides is 1. The zero-order chi connectivity index (χ0) is 24.2. The van der Waals surface area contributed by atoms with Crippen LogP contribution in [0.4, 0.5) is 11.5 Å². The van der Waals surface area contributed by atoms with Gasteiger partial charge in [0.15, 0.2) is 5.82 Å². The molecule has 0 radical (unpaired) electrons. The molecule has 8 nitrogen and oxygen atoms in total. The number of carbonyl (C=O) groups is 1. The third-order valence-electron chi connectivity index (χ3n) is 6.20. The fourth-order valence-corrected chi connectivity index (χ4v) is 4.25. The lowest BCUT2D eigenvalue weighted by atomic mass is 10.1. The molecule has 3 heterocycles. The van der Waals surface area contributed by atoms with Crippen molar-refractivity contribution in [2.75, 3.05) is 24.0 Å². The van der Waals surface area contributed by atoms with Gasteiger partial charge in [-0.25, -0.2) is 10.8 Å². The molecular weight excluding hydrogens is 440 g/mol. The minimum absolute atomic E-state index is 0.0758. The Kier molecular flexibility index (Phi) is 6.56. The van der Waals surface area contributed by atoms with Crippen LogP contribution in [0.5, 0.6) is 0 Å². The van der Waals surface area contributed by atoms with Crippen molar-refractivity contribution in [1.29, 1.82) is 0 Å². The molecule has 2 aromatic carbocycles. The van der Waals surface area contributed by atoms with Gasteiger partial charge in [0.05, 0.1) is 23.4 Å². The molecule has 0 atom stereocenters. The lowest BCUT2D eigenvalue weighted by Crippen LogP contribution is -2.38. The van der Waals surface area contributed by atoms with E-state index in [1.807, 2.05) is 54.6 Å². The van der Waals surface area contributed by atoms with E-state index in [-0.39, 0.29) is 11.9 Å². The molecule has 0 bridgehead atoms. The molecule has 0 saturated carbocycles. The van der Waals surface area contributed by atoms with Gasteiger partial charge >= 0.3 is 0 Å². The number of fused-ring (bicyclic) bond motifs is 1. The average molecular weight is 469 g/mol. The molecule has 1 aliphatic heterocycles. The highest BCUT2D eigenvalue weighted by Gasteiger charge is 2.17. The molecule has 1 amide bonds. The number of hydrogen-bond acceptors (Lipinski definition) is 7. The quantitative estimate of drug-likeness (QED) is 0.292. The van der Waals surface area contributed by atoms with Gasteiger partial charge in [0.2, 0.25) is 0 Å². The highest BCUT2D eigenvalue weighted by molar-refractivity contribution is 5.94. The van der Waals surface area contributed by atoms with E-state index < -0.39 is 0 Å². The maximum Gasteiger partial charge on any atom is 0.251 e. The Hall–Kier alpha value is -4.01. The first-order chi connectivity index (χ1) is 17.1. The highest BCUT2D eigenvalue weighted by atomic mass is 16.5. The van der Waals surface area contributed by atoms with Crippen LogP contribution in [-0.2, 0) is 11.3 Å². The monoisotopic (exact) mass is 468 g/mol. The fourth-order valence-electron chi connectivity index (χ4n) is 4.25. The van der Waals surface area contributed by atoms with E-state index in [4.69, 9.17) is 21.3 Å². The van der Waals surface area contributed by atoms with Crippen molar-refractivity contribution < 1.29 is 9.53 Å². The summed E-state index contributed by atoms with van der Waals surface area (Å²) in [6, 6.07) is 21.2. The van der Waals surface area contributed by atoms with Crippen LogP contribution in [0.15, 0.2) is 72.9 Å². The third-order valence-corrected chi connectivity index (χ3v) is 6.20. The molecule has 1 fully saturated rings. The van der Waals surface area contributed by atoms with Crippen LogP contribution in [0.3, 0.4) is 0 Å². The zero-order valence-corrected chi connectivity index (χ0v) is 19.4. The Bertz CT molecular complexity index is 1340. The van der Waals surface area contributed by atoms with Gasteiger partial charge in [-0.05, 0) is 60.9 Å². The van der Waals surface area contributed by atoms with E-state index in [0.29, 0.717) is 36.8 Å². The van der Waals surface area contributed by atoms with Gasteiger partial charge in [-0.3, -0.25) is 14.8 Å². The van der Waals surface area contributed by atoms with Crippen LogP contribution >= 0.6 is 0 Å². The molecule has 178 valence electrons. The Morgan fingerprint density at radius 2 is 1.86 bits per heavy atom. The number of anilines is 2. The topological polar surface area (TPSA) is 119 Å². The van der Waals surface area contributed by atoms with Gasteiger partial charge < -0.3 is 15.8 Å². The summed E-state index contributed by atoms with van der Waals surface area (Å²) in [5, 5.41) is 5.68. The predicted octanol–water partition coefficient (Wildman–Crippen LogP) is 3.67. The van der Waals surface area contributed by atoms with E-state index in [2.05, 4.69) is 16.4 Å². The largest absolute Gasteiger partial charge is 0.396 e. The summed E-state index contributed by atoms with van der Waals surface area (Å²) in [4.78, 5) is 21.7. The van der Waals surface area contributed by atoms with Gasteiger partial charge in [0.1, 0.15) is 0 Å². The van der Waals surface area contributed by atoms with Crippen LogP contribution in [0, 0.1) is 0 Å². The van der Waals surface area contributed by atoms with Crippen LogP contribution < -0.4 is 21.9 Å². The van der Waals surface area contributed by atoms with E-state index in [0.717, 1.165) is 40.6 Å². The first-order valence-corrected chi connectivity index (χ1v) is 11.7. The van der Waals surface area contributed by atoms with Crippen molar-refractivity contribution in [3.05, 3.63) is 84.1 Å². The van der Waals surface area contributed by atoms with E-state index in [9.17, 15) is 4.79 Å². The zero-order valence-electron chi connectivity index (χ0n) is 19.4.